The summed E-state index contributed by atoms with van der Waals surface area (Å²) in [6, 6.07) is 12.7. The number of benzene rings is 3. The van der Waals surface area contributed by atoms with E-state index in [2.05, 4.69) is 11.8 Å². The minimum Gasteiger partial charge on any atom is -0.206 e. The average molecular weight is 412 g/mol. The van der Waals surface area contributed by atoms with Crippen LogP contribution in [0.5, 0.6) is 0 Å². The van der Waals surface area contributed by atoms with Gasteiger partial charge in [-0.3, -0.25) is 0 Å². The lowest BCUT2D eigenvalue weighted by Crippen LogP contribution is -1.95. The molecule has 0 nitrogen and oxygen atoms in total. The summed E-state index contributed by atoms with van der Waals surface area (Å²) in [5, 5.41) is 0. The van der Waals surface area contributed by atoms with Crippen molar-refractivity contribution in [2.24, 2.45) is 0 Å². The molecular weight excluding hydrogens is 395 g/mol. The van der Waals surface area contributed by atoms with Crippen LogP contribution in [0.4, 0.5) is 22.0 Å². The maximum atomic E-state index is 14.5. The summed E-state index contributed by atoms with van der Waals surface area (Å²) in [5.74, 6) is 2.94. The molecule has 152 valence electrons. The SMILES string of the molecule is CCCc1cc(F)c(C#Cc2ccc(-c3ccc(C=C(F)F)cc3)c(F)c2)c(F)c1. The minimum absolute atomic E-state index is 0.256. The Balaban J connectivity index is 1.86. The fourth-order valence-electron chi connectivity index (χ4n) is 3.02. The van der Waals surface area contributed by atoms with E-state index in [1.54, 1.807) is 0 Å². The van der Waals surface area contributed by atoms with E-state index in [9.17, 15) is 22.0 Å². The van der Waals surface area contributed by atoms with Crippen molar-refractivity contribution in [3.05, 3.63) is 100 Å². The zero-order valence-corrected chi connectivity index (χ0v) is 16.1. The maximum Gasteiger partial charge on any atom is 0.270 e. The first-order valence-electron chi connectivity index (χ1n) is 9.30. The molecule has 0 radical (unpaired) electrons. The van der Waals surface area contributed by atoms with Crippen molar-refractivity contribution in [1.29, 1.82) is 0 Å². The van der Waals surface area contributed by atoms with Gasteiger partial charge in [0.15, 0.2) is 0 Å². The molecule has 0 aliphatic rings. The van der Waals surface area contributed by atoms with Crippen molar-refractivity contribution in [3.8, 4) is 23.0 Å². The lowest BCUT2D eigenvalue weighted by molar-refractivity contribution is 0.429. The lowest BCUT2D eigenvalue weighted by atomic mass is 10.0. The summed E-state index contributed by atoms with van der Waals surface area (Å²) in [5.41, 5.74) is 1.53. The second-order valence-electron chi connectivity index (χ2n) is 6.69. The first-order valence-corrected chi connectivity index (χ1v) is 9.30. The van der Waals surface area contributed by atoms with Crippen LogP contribution in [0.2, 0.25) is 0 Å². The topological polar surface area (TPSA) is 0 Å². The highest BCUT2D eigenvalue weighted by molar-refractivity contribution is 5.67. The molecule has 0 heterocycles. The molecule has 0 N–H and O–H groups in total. The van der Waals surface area contributed by atoms with Gasteiger partial charge in [-0.1, -0.05) is 55.5 Å². The largest absolute Gasteiger partial charge is 0.270 e. The molecular formula is C25H17F5. The molecule has 3 aromatic rings. The molecule has 0 spiro atoms. The van der Waals surface area contributed by atoms with Crippen molar-refractivity contribution in [2.45, 2.75) is 19.8 Å². The Morgan fingerprint density at radius 2 is 1.50 bits per heavy atom. The fourth-order valence-corrected chi connectivity index (χ4v) is 3.02. The third-order valence-corrected chi connectivity index (χ3v) is 4.44. The minimum atomic E-state index is -1.82. The van der Waals surface area contributed by atoms with Crippen molar-refractivity contribution < 1.29 is 22.0 Å². The van der Waals surface area contributed by atoms with Crippen LogP contribution >= 0.6 is 0 Å². The average Bonchev–Trinajstić information content (AvgIpc) is 2.68. The molecule has 0 amide bonds. The van der Waals surface area contributed by atoms with Crippen LogP contribution in [-0.2, 0) is 6.42 Å². The third kappa shape index (κ3) is 5.15. The van der Waals surface area contributed by atoms with Gasteiger partial charge in [0.25, 0.3) is 6.08 Å². The number of rotatable bonds is 4. The van der Waals surface area contributed by atoms with Crippen LogP contribution in [0.1, 0.15) is 35.6 Å². The summed E-state index contributed by atoms with van der Waals surface area (Å²) >= 11 is 0. The van der Waals surface area contributed by atoms with Gasteiger partial charge in [0.05, 0.1) is 5.56 Å². The van der Waals surface area contributed by atoms with E-state index in [-0.39, 0.29) is 16.7 Å². The molecule has 0 saturated heterocycles. The van der Waals surface area contributed by atoms with E-state index >= 15 is 0 Å². The van der Waals surface area contributed by atoms with E-state index in [1.165, 1.54) is 54.6 Å². The summed E-state index contributed by atoms with van der Waals surface area (Å²) in [4.78, 5) is 0. The molecule has 3 aromatic carbocycles. The monoisotopic (exact) mass is 412 g/mol. The Hall–Kier alpha value is -3.39. The number of aryl methyl sites for hydroxylation is 1. The van der Waals surface area contributed by atoms with Gasteiger partial charge in [0, 0.05) is 17.2 Å². The predicted molar refractivity (Wildman–Crippen MR) is 108 cm³/mol. The Kier molecular flexibility index (Phi) is 6.68. The molecule has 5 heteroatoms. The molecule has 0 atom stereocenters. The molecule has 0 aromatic heterocycles. The first-order chi connectivity index (χ1) is 14.4. The van der Waals surface area contributed by atoms with Gasteiger partial charge in [0.1, 0.15) is 17.5 Å². The van der Waals surface area contributed by atoms with Crippen molar-refractivity contribution in [2.75, 3.05) is 0 Å². The summed E-state index contributed by atoms with van der Waals surface area (Å²) < 4.78 is 67.4. The van der Waals surface area contributed by atoms with Gasteiger partial charge in [0.2, 0.25) is 0 Å². The molecule has 0 saturated carbocycles. The van der Waals surface area contributed by atoms with Crippen molar-refractivity contribution >= 4 is 6.08 Å². The van der Waals surface area contributed by atoms with E-state index in [0.29, 0.717) is 29.2 Å². The summed E-state index contributed by atoms with van der Waals surface area (Å²) in [6.07, 6.45) is 0.228. The highest BCUT2D eigenvalue weighted by Gasteiger charge is 2.10. The third-order valence-electron chi connectivity index (χ3n) is 4.44. The van der Waals surface area contributed by atoms with E-state index < -0.39 is 23.5 Å². The van der Waals surface area contributed by atoms with Gasteiger partial charge in [-0.15, -0.1) is 0 Å². The normalized spacial score (nSPS) is 10.3. The smallest absolute Gasteiger partial charge is 0.206 e. The highest BCUT2D eigenvalue weighted by Crippen LogP contribution is 2.25. The van der Waals surface area contributed by atoms with E-state index in [0.717, 1.165) is 6.42 Å². The Morgan fingerprint density at radius 3 is 2.07 bits per heavy atom. The molecule has 0 aliphatic heterocycles. The predicted octanol–water partition coefficient (Wildman–Crippen LogP) is 7.36. The molecule has 0 fully saturated rings. The molecule has 3 rings (SSSR count). The standard InChI is InChI=1S/C25H17F5/c1-2-3-18-13-23(27)21(24(28)14-18)11-7-16-6-10-20(22(26)12-16)19-8-4-17(5-9-19)15-25(29)30/h4-6,8-10,12-15H,2-3H2,1H3. The van der Waals surface area contributed by atoms with Crippen LogP contribution in [0.25, 0.3) is 17.2 Å². The zero-order chi connectivity index (χ0) is 21.7. The lowest BCUT2D eigenvalue weighted by Gasteiger charge is -2.05. The van der Waals surface area contributed by atoms with Crippen LogP contribution in [0.3, 0.4) is 0 Å². The van der Waals surface area contributed by atoms with Gasteiger partial charge < -0.3 is 0 Å². The van der Waals surface area contributed by atoms with Crippen LogP contribution in [0.15, 0.2) is 60.7 Å². The van der Waals surface area contributed by atoms with E-state index in [1.807, 2.05) is 6.92 Å². The van der Waals surface area contributed by atoms with Gasteiger partial charge in [-0.25, -0.2) is 13.2 Å². The van der Waals surface area contributed by atoms with Gasteiger partial charge in [-0.05, 0) is 47.4 Å². The Bertz CT molecular complexity index is 1120. The van der Waals surface area contributed by atoms with Gasteiger partial charge in [-0.2, -0.15) is 8.78 Å². The van der Waals surface area contributed by atoms with Gasteiger partial charge >= 0.3 is 0 Å². The Morgan fingerprint density at radius 1 is 0.833 bits per heavy atom. The van der Waals surface area contributed by atoms with E-state index in [4.69, 9.17) is 0 Å². The first kappa shape index (κ1) is 21.3. The van der Waals surface area contributed by atoms with Crippen LogP contribution in [-0.4, -0.2) is 0 Å². The molecule has 0 bridgehead atoms. The van der Waals surface area contributed by atoms with Crippen molar-refractivity contribution in [3.63, 3.8) is 0 Å². The van der Waals surface area contributed by atoms with Crippen LogP contribution < -0.4 is 0 Å². The second-order valence-corrected chi connectivity index (χ2v) is 6.69. The fraction of sp³-hybridized carbons (Fsp3) is 0.120. The van der Waals surface area contributed by atoms with Crippen LogP contribution in [0, 0.1) is 29.3 Å². The highest BCUT2D eigenvalue weighted by atomic mass is 19.3. The number of hydrogen-bond donors (Lipinski definition) is 0. The number of hydrogen-bond acceptors (Lipinski definition) is 0. The zero-order valence-electron chi connectivity index (χ0n) is 16.1. The summed E-state index contributed by atoms with van der Waals surface area (Å²) in [6.45, 7) is 1.91. The van der Waals surface area contributed by atoms with Crippen molar-refractivity contribution in [1.82, 2.24) is 0 Å². The maximum absolute atomic E-state index is 14.5. The molecule has 0 unspecified atom stereocenters. The number of halogens is 5. The Labute approximate surface area is 171 Å². The quantitative estimate of drug-likeness (QED) is 0.310. The molecule has 0 aliphatic carbocycles. The second kappa shape index (κ2) is 9.41. The molecule has 30 heavy (non-hydrogen) atoms. The summed E-state index contributed by atoms with van der Waals surface area (Å²) in [7, 11) is 0.